The SMILES string of the molecule is CS(=O)(=O)c1cccc(C(=O)Nc2cc(S(=O)[O-])cc(S(=O)[O-])c2)c1.[K+].[K+]. The molecule has 134 valence electrons. The fraction of sp³-hybridized carbons (Fsp3) is 0.0714. The van der Waals surface area contributed by atoms with Crippen molar-refractivity contribution in [3.8, 4) is 0 Å². The summed E-state index contributed by atoms with van der Waals surface area (Å²) >= 11 is -5.39. The van der Waals surface area contributed by atoms with E-state index in [0.29, 0.717) is 0 Å². The average molecular weight is 480 g/mol. The Labute approximate surface area is 246 Å². The predicted octanol–water partition coefficient (Wildman–Crippen LogP) is -5.17. The molecule has 0 spiro atoms. The molecular weight excluding hydrogens is 469 g/mol. The topological polar surface area (TPSA) is 144 Å². The van der Waals surface area contributed by atoms with Crippen LogP contribution in [0.1, 0.15) is 10.4 Å². The maximum absolute atomic E-state index is 12.2. The normalized spacial score (nSPS) is 12.9. The second kappa shape index (κ2) is 12.3. The van der Waals surface area contributed by atoms with Gasteiger partial charge in [-0.05, 0) is 58.6 Å². The van der Waals surface area contributed by atoms with E-state index < -0.39 is 37.9 Å². The fourth-order valence-electron chi connectivity index (χ4n) is 1.91. The van der Waals surface area contributed by atoms with Crippen LogP contribution < -0.4 is 108 Å². The minimum atomic E-state index is -3.51. The van der Waals surface area contributed by atoms with Crippen molar-refractivity contribution in [3.05, 3.63) is 48.0 Å². The third kappa shape index (κ3) is 8.55. The second-order valence-electron chi connectivity index (χ2n) is 4.92. The molecule has 8 nitrogen and oxygen atoms in total. The molecule has 0 radical (unpaired) electrons. The molecule has 0 aliphatic rings. The minimum absolute atomic E-state index is 0. The van der Waals surface area contributed by atoms with E-state index in [1.54, 1.807) is 0 Å². The number of carbonyl (C=O) groups excluding carboxylic acids is 1. The van der Waals surface area contributed by atoms with Crippen LogP contribution in [-0.4, -0.2) is 38.1 Å². The van der Waals surface area contributed by atoms with Gasteiger partial charge in [0, 0.05) is 27.3 Å². The summed E-state index contributed by atoms with van der Waals surface area (Å²) < 4.78 is 67.3. The van der Waals surface area contributed by atoms with Gasteiger partial charge in [-0.25, -0.2) is 8.42 Å². The summed E-state index contributed by atoms with van der Waals surface area (Å²) in [5.74, 6) is -0.720. The van der Waals surface area contributed by atoms with Crippen LogP contribution in [0.5, 0.6) is 0 Å². The Bertz CT molecular complexity index is 964. The van der Waals surface area contributed by atoms with Crippen LogP contribution in [0.25, 0.3) is 0 Å². The molecule has 1 N–H and O–H groups in total. The summed E-state index contributed by atoms with van der Waals surface area (Å²) in [5.41, 5.74) is -0.0444. The Morgan fingerprint density at radius 1 is 0.963 bits per heavy atom. The van der Waals surface area contributed by atoms with Gasteiger partial charge >= 0.3 is 103 Å². The van der Waals surface area contributed by atoms with Crippen molar-refractivity contribution in [1.82, 2.24) is 0 Å². The van der Waals surface area contributed by atoms with Crippen molar-refractivity contribution >= 4 is 43.6 Å². The molecule has 0 saturated heterocycles. The van der Waals surface area contributed by atoms with E-state index in [2.05, 4.69) is 5.32 Å². The number of nitrogens with one attached hydrogen (secondary N) is 1. The molecular formula is C14H11K2NO7S3. The smallest absolute Gasteiger partial charge is 0.768 e. The monoisotopic (exact) mass is 479 g/mol. The molecule has 2 rings (SSSR count). The first-order valence-corrected chi connectivity index (χ1v) is 10.6. The summed E-state index contributed by atoms with van der Waals surface area (Å²) in [4.78, 5) is 11.5. The van der Waals surface area contributed by atoms with Crippen molar-refractivity contribution in [2.45, 2.75) is 14.7 Å². The van der Waals surface area contributed by atoms with Crippen LogP contribution in [0.3, 0.4) is 0 Å². The molecule has 0 saturated carbocycles. The van der Waals surface area contributed by atoms with E-state index in [-0.39, 0.29) is 129 Å². The maximum atomic E-state index is 12.2. The number of benzene rings is 2. The zero-order chi connectivity index (χ0) is 18.8. The molecule has 2 aromatic carbocycles. The molecule has 0 aliphatic heterocycles. The predicted molar refractivity (Wildman–Crippen MR) is 88.3 cm³/mol. The number of rotatable bonds is 5. The maximum Gasteiger partial charge on any atom is 1.00 e. The van der Waals surface area contributed by atoms with Crippen LogP contribution in [-0.2, 0) is 32.0 Å². The van der Waals surface area contributed by atoms with Crippen molar-refractivity contribution in [3.63, 3.8) is 0 Å². The van der Waals surface area contributed by atoms with Gasteiger partial charge in [0.15, 0.2) is 9.84 Å². The number of amides is 1. The van der Waals surface area contributed by atoms with E-state index in [1.165, 1.54) is 18.2 Å². The molecule has 0 aromatic heterocycles. The Hall–Kier alpha value is 1.35. The average Bonchev–Trinajstić information content (AvgIpc) is 2.53. The first kappa shape index (κ1) is 28.4. The molecule has 2 atom stereocenters. The van der Waals surface area contributed by atoms with Crippen LogP contribution in [0, 0.1) is 0 Å². The molecule has 1 amide bonds. The largest absolute Gasteiger partial charge is 1.00 e. The molecule has 13 heteroatoms. The first-order chi connectivity index (χ1) is 11.6. The molecule has 2 unspecified atom stereocenters. The number of hydrogen-bond acceptors (Lipinski definition) is 7. The van der Waals surface area contributed by atoms with Gasteiger partial charge in [-0.1, -0.05) is 6.07 Å². The van der Waals surface area contributed by atoms with Gasteiger partial charge in [0.05, 0.1) is 4.90 Å². The van der Waals surface area contributed by atoms with E-state index in [4.69, 9.17) is 0 Å². The van der Waals surface area contributed by atoms with Crippen molar-refractivity contribution in [1.29, 1.82) is 0 Å². The number of anilines is 1. The standard InChI is InChI=1S/C14H13NO7S3.2K/c1-25(21,22)13-4-2-3-9(5-13)14(16)15-10-6-11(23(17)18)8-12(7-10)24(19)20;;/h2-8H,1H3,(H,15,16)(H,17,18)(H,19,20);;/q;2*+1/p-2. The Kier molecular flexibility index (Phi) is 12.9. The van der Waals surface area contributed by atoms with Crippen LogP contribution >= 0.6 is 0 Å². The molecule has 27 heavy (non-hydrogen) atoms. The fourth-order valence-corrected chi connectivity index (χ4v) is 3.54. The second-order valence-corrected chi connectivity index (χ2v) is 8.81. The van der Waals surface area contributed by atoms with Gasteiger partial charge in [-0.2, -0.15) is 0 Å². The third-order valence-electron chi connectivity index (χ3n) is 3.05. The summed E-state index contributed by atoms with van der Waals surface area (Å²) in [6.45, 7) is 0. The summed E-state index contributed by atoms with van der Waals surface area (Å²) in [7, 11) is -3.51. The molecule has 0 heterocycles. The first-order valence-electron chi connectivity index (χ1n) is 6.53. The molecule has 2 aromatic rings. The number of carbonyl (C=O) groups is 1. The van der Waals surface area contributed by atoms with E-state index >= 15 is 0 Å². The van der Waals surface area contributed by atoms with Crippen molar-refractivity contribution in [2.75, 3.05) is 11.6 Å². The number of sulfone groups is 1. The van der Waals surface area contributed by atoms with Gasteiger partial charge in [0.2, 0.25) is 0 Å². The van der Waals surface area contributed by atoms with Gasteiger partial charge in [0.25, 0.3) is 5.91 Å². The zero-order valence-corrected chi connectivity index (χ0v) is 23.3. The number of hydrogen-bond donors (Lipinski definition) is 1. The molecule has 0 aliphatic carbocycles. The van der Waals surface area contributed by atoms with Crippen molar-refractivity contribution < 1.29 is 134 Å². The van der Waals surface area contributed by atoms with E-state index in [9.17, 15) is 30.7 Å². The molecule has 0 fully saturated rings. The quantitative estimate of drug-likeness (QED) is 0.333. The summed E-state index contributed by atoms with van der Waals surface area (Å²) in [5, 5.41) is 2.35. The third-order valence-corrected chi connectivity index (χ3v) is 5.40. The summed E-state index contributed by atoms with van der Waals surface area (Å²) in [6.07, 6.45) is 0.993. The Morgan fingerprint density at radius 2 is 1.48 bits per heavy atom. The van der Waals surface area contributed by atoms with Gasteiger partial charge in [-0.15, -0.1) is 0 Å². The zero-order valence-electron chi connectivity index (χ0n) is 14.6. The van der Waals surface area contributed by atoms with Crippen molar-refractivity contribution in [2.24, 2.45) is 0 Å². The van der Waals surface area contributed by atoms with E-state index in [0.717, 1.165) is 30.5 Å². The van der Waals surface area contributed by atoms with Crippen LogP contribution in [0.4, 0.5) is 5.69 Å². The van der Waals surface area contributed by atoms with E-state index in [1.807, 2.05) is 0 Å². The van der Waals surface area contributed by atoms with Crippen LogP contribution in [0.15, 0.2) is 57.2 Å². The Morgan fingerprint density at radius 3 is 1.93 bits per heavy atom. The van der Waals surface area contributed by atoms with Gasteiger partial charge < -0.3 is 14.4 Å². The minimum Gasteiger partial charge on any atom is -0.768 e. The van der Waals surface area contributed by atoms with Gasteiger partial charge in [-0.3, -0.25) is 13.2 Å². The van der Waals surface area contributed by atoms with Gasteiger partial charge in [0.1, 0.15) is 0 Å². The summed E-state index contributed by atoms with van der Waals surface area (Å²) in [6, 6.07) is 8.33. The Balaban J connectivity index is 0.00000338. The van der Waals surface area contributed by atoms with Crippen LogP contribution in [0.2, 0.25) is 0 Å². The molecule has 0 bridgehead atoms.